The van der Waals surface area contributed by atoms with Gasteiger partial charge in [-0.25, -0.2) is 9.67 Å². The fourth-order valence-electron chi connectivity index (χ4n) is 3.60. The largest absolute Gasteiger partial charge is 0.379 e. The van der Waals surface area contributed by atoms with Crippen molar-refractivity contribution in [2.45, 2.75) is 52.7 Å². The van der Waals surface area contributed by atoms with Gasteiger partial charge in [-0.1, -0.05) is 18.2 Å². The topological polar surface area (TPSA) is 72.7 Å². The standard InChI is InChI=1S/C23H35N5O2.HI/c1-4-24-23(25-12-8-13-29-17-21-10-7-14-30-21)26-16-20-9-5-6-11-22(20)28-19(3)15-18(2)27-28;/h5-6,9,11,15,21H,4,7-8,10,12-14,16-17H2,1-3H3,(H2,24,25,26);1H. The molecule has 0 spiro atoms. The molecule has 31 heavy (non-hydrogen) atoms. The van der Waals surface area contributed by atoms with Crippen molar-refractivity contribution in [2.24, 2.45) is 4.99 Å². The van der Waals surface area contributed by atoms with Gasteiger partial charge >= 0.3 is 0 Å². The lowest BCUT2D eigenvalue weighted by molar-refractivity contribution is 0.0168. The van der Waals surface area contributed by atoms with E-state index in [0.29, 0.717) is 19.3 Å². The molecule has 0 aliphatic carbocycles. The Kier molecular flexibility index (Phi) is 11.3. The maximum Gasteiger partial charge on any atom is 0.191 e. The fourth-order valence-corrected chi connectivity index (χ4v) is 3.60. The van der Waals surface area contributed by atoms with Crippen LogP contribution in [0.25, 0.3) is 5.69 Å². The third-order valence-electron chi connectivity index (χ3n) is 5.07. The van der Waals surface area contributed by atoms with Crippen LogP contribution < -0.4 is 10.6 Å². The highest BCUT2D eigenvalue weighted by molar-refractivity contribution is 14.0. The second kappa shape index (κ2) is 13.7. The maximum absolute atomic E-state index is 5.73. The predicted molar refractivity (Wildman–Crippen MR) is 136 cm³/mol. The Hall–Kier alpha value is -1.65. The summed E-state index contributed by atoms with van der Waals surface area (Å²) in [5.74, 6) is 0.819. The van der Waals surface area contributed by atoms with Crippen LogP contribution in [-0.4, -0.2) is 54.8 Å². The SMILES string of the molecule is CCNC(=NCc1ccccc1-n1nc(C)cc1C)NCCCOCC1CCCO1.I. The number of aromatic nitrogens is 2. The predicted octanol–water partition coefficient (Wildman–Crippen LogP) is 3.75. The van der Waals surface area contributed by atoms with E-state index in [4.69, 9.17) is 14.5 Å². The zero-order valence-electron chi connectivity index (χ0n) is 18.9. The summed E-state index contributed by atoms with van der Waals surface area (Å²) in [5, 5.41) is 11.3. The molecule has 172 valence electrons. The Morgan fingerprint density at radius 1 is 1.29 bits per heavy atom. The van der Waals surface area contributed by atoms with Crippen molar-refractivity contribution in [3.05, 3.63) is 47.3 Å². The highest BCUT2D eigenvalue weighted by atomic mass is 127. The Labute approximate surface area is 203 Å². The molecule has 1 saturated heterocycles. The van der Waals surface area contributed by atoms with Crippen molar-refractivity contribution < 1.29 is 9.47 Å². The average molecular weight is 541 g/mol. The van der Waals surface area contributed by atoms with Crippen LogP contribution in [-0.2, 0) is 16.0 Å². The molecule has 8 heteroatoms. The first kappa shape index (κ1) is 25.6. The van der Waals surface area contributed by atoms with E-state index in [-0.39, 0.29) is 24.0 Å². The number of rotatable bonds is 10. The van der Waals surface area contributed by atoms with Crippen molar-refractivity contribution in [1.82, 2.24) is 20.4 Å². The number of halogens is 1. The van der Waals surface area contributed by atoms with Gasteiger partial charge in [0.05, 0.1) is 30.6 Å². The van der Waals surface area contributed by atoms with Crippen LogP contribution in [0, 0.1) is 13.8 Å². The minimum absolute atomic E-state index is 0. The third kappa shape index (κ3) is 8.08. The number of nitrogens with zero attached hydrogens (tertiary/aromatic N) is 3. The number of hydrogen-bond donors (Lipinski definition) is 2. The molecule has 2 heterocycles. The first-order valence-electron chi connectivity index (χ1n) is 11.0. The summed E-state index contributed by atoms with van der Waals surface area (Å²) >= 11 is 0. The van der Waals surface area contributed by atoms with Gasteiger partial charge in [-0.2, -0.15) is 5.10 Å². The molecule has 3 rings (SSSR count). The number of aryl methyl sites for hydroxylation is 2. The van der Waals surface area contributed by atoms with Crippen LogP contribution in [0.15, 0.2) is 35.3 Å². The molecular weight excluding hydrogens is 505 g/mol. The summed E-state index contributed by atoms with van der Waals surface area (Å²) in [4.78, 5) is 4.78. The van der Waals surface area contributed by atoms with E-state index in [0.717, 1.165) is 74.2 Å². The van der Waals surface area contributed by atoms with Crippen molar-refractivity contribution in [2.75, 3.05) is 32.9 Å². The summed E-state index contributed by atoms with van der Waals surface area (Å²) in [6, 6.07) is 10.4. The molecule has 0 bridgehead atoms. The molecule has 0 saturated carbocycles. The molecule has 1 aromatic heterocycles. The van der Waals surface area contributed by atoms with Crippen LogP contribution in [0.4, 0.5) is 0 Å². The summed E-state index contributed by atoms with van der Waals surface area (Å²) in [6.45, 7) is 10.7. The summed E-state index contributed by atoms with van der Waals surface area (Å²) in [5.41, 5.74) is 4.35. The Morgan fingerprint density at radius 2 is 2.13 bits per heavy atom. The van der Waals surface area contributed by atoms with Crippen molar-refractivity contribution in [3.63, 3.8) is 0 Å². The van der Waals surface area contributed by atoms with Gasteiger partial charge in [0.25, 0.3) is 0 Å². The summed E-state index contributed by atoms with van der Waals surface area (Å²) in [6.07, 6.45) is 3.49. The molecule has 0 radical (unpaired) electrons. The van der Waals surface area contributed by atoms with E-state index in [1.807, 2.05) is 23.7 Å². The van der Waals surface area contributed by atoms with E-state index in [1.165, 1.54) is 0 Å². The second-order valence-corrected chi connectivity index (χ2v) is 7.65. The fraction of sp³-hybridized carbons (Fsp3) is 0.565. The Balaban J connectivity index is 0.00000341. The zero-order valence-corrected chi connectivity index (χ0v) is 21.2. The summed E-state index contributed by atoms with van der Waals surface area (Å²) < 4.78 is 13.3. The average Bonchev–Trinajstić information content (AvgIpc) is 3.38. The van der Waals surface area contributed by atoms with Crippen LogP contribution in [0.3, 0.4) is 0 Å². The number of ether oxygens (including phenoxy) is 2. The molecular formula is C23H36IN5O2. The lowest BCUT2D eigenvalue weighted by Gasteiger charge is -2.14. The monoisotopic (exact) mass is 541 g/mol. The van der Waals surface area contributed by atoms with Gasteiger partial charge in [-0.05, 0) is 57.7 Å². The molecule has 1 atom stereocenters. The molecule has 1 aliphatic heterocycles. The molecule has 1 aromatic carbocycles. The van der Waals surface area contributed by atoms with Crippen molar-refractivity contribution >= 4 is 29.9 Å². The number of nitrogens with one attached hydrogen (secondary N) is 2. The van der Waals surface area contributed by atoms with Gasteiger partial charge in [0.1, 0.15) is 0 Å². The number of aliphatic imine (C=N–C) groups is 1. The quantitative estimate of drug-likeness (QED) is 0.208. The first-order chi connectivity index (χ1) is 14.7. The highest BCUT2D eigenvalue weighted by Gasteiger charge is 2.15. The van der Waals surface area contributed by atoms with Crippen molar-refractivity contribution in [3.8, 4) is 5.69 Å². The molecule has 7 nitrogen and oxygen atoms in total. The molecule has 1 aliphatic rings. The number of hydrogen-bond acceptors (Lipinski definition) is 4. The second-order valence-electron chi connectivity index (χ2n) is 7.65. The number of guanidine groups is 1. The van der Waals surface area contributed by atoms with Crippen molar-refractivity contribution in [1.29, 1.82) is 0 Å². The molecule has 1 fully saturated rings. The Morgan fingerprint density at radius 3 is 2.84 bits per heavy atom. The smallest absolute Gasteiger partial charge is 0.191 e. The minimum atomic E-state index is 0. The maximum atomic E-state index is 5.73. The number of para-hydroxylation sites is 1. The van der Waals surface area contributed by atoms with E-state index in [1.54, 1.807) is 0 Å². The van der Waals surface area contributed by atoms with Crippen LogP contribution in [0.2, 0.25) is 0 Å². The Bertz CT molecular complexity index is 818. The third-order valence-corrected chi connectivity index (χ3v) is 5.07. The molecule has 2 aromatic rings. The highest BCUT2D eigenvalue weighted by Crippen LogP contribution is 2.18. The van der Waals surface area contributed by atoms with E-state index in [2.05, 4.69) is 47.8 Å². The van der Waals surface area contributed by atoms with E-state index in [9.17, 15) is 0 Å². The van der Waals surface area contributed by atoms with Gasteiger partial charge in [-0.3, -0.25) is 0 Å². The summed E-state index contributed by atoms with van der Waals surface area (Å²) in [7, 11) is 0. The van der Waals surface area contributed by atoms with E-state index < -0.39 is 0 Å². The van der Waals surface area contributed by atoms with E-state index >= 15 is 0 Å². The minimum Gasteiger partial charge on any atom is -0.379 e. The lowest BCUT2D eigenvalue weighted by atomic mass is 10.2. The lowest BCUT2D eigenvalue weighted by Crippen LogP contribution is -2.38. The molecule has 1 unspecified atom stereocenters. The van der Waals surface area contributed by atoms with Gasteiger partial charge < -0.3 is 20.1 Å². The van der Waals surface area contributed by atoms with Gasteiger partial charge in [0.15, 0.2) is 5.96 Å². The van der Waals surface area contributed by atoms with Crippen LogP contribution >= 0.6 is 24.0 Å². The normalized spacial score (nSPS) is 16.2. The zero-order chi connectivity index (χ0) is 21.2. The number of benzene rings is 1. The van der Waals surface area contributed by atoms with Crippen LogP contribution in [0.5, 0.6) is 0 Å². The van der Waals surface area contributed by atoms with Crippen LogP contribution in [0.1, 0.15) is 43.1 Å². The molecule has 0 amide bonds. The molecule has 2 N–H and O–H groups in total. The van der Waals surface area contributed by atoms with Gasteiger partial charge in [0.2, 0.25) is 0 Å². The van der Waals surface area contributed by atoms with Gasteiger partial charge in [0, 0.05) is 32.0 Å². The van der Waals surface area contributed by atoms with Gasteiger partial charge in [-0.15, -0.1) is 24.0 Å². The first-order valence-corrected chi connectivity index (χ1v) is 11.0.